The smallest absolute Gasteiger partial charge is 0.223 e. The van der Waals surface area contributed by atoms with Gasteiger partial charge in [0, 0.05) is 12.5 Å². The van der Waals surface area contributed by atoms with E-state index in [4.69, 9.17) is 9.47 Å². The van der Waals surface area contributed by atoms with Crippen LogP contribution in [0.2, 0.25) is 0 Å². The van der Waals surface area contributed by atoms with Gasteiger partial charge in [-0.2, -0.15) is 0 Å². The normalized spacial score (nSPS) is 18.1. The molecule has 4 nitrogen and oxygen atoms in total. The maximum atomic E-state index is 13.1. The van der Waals surface area contributed by atoms with Crippen LogP contribution in [0.15, 0.2) is 42.5 Å². The van der Waals surface area contributed by atoms with Gasteiger partial charge < -0.3 is 14.4 Å². The molecule has 0 radical (unpaired) electrons. The fourth-order valence-electron chi connectivity index (χ4n) is 4.22. The quantitative estimate of drug-likeness (QED) is 0.734. The molecule has 27 heavy (non-hydrogen) atoms. The number of aryl methyl sites for hydroxylation is 2. The van der Waals surface area contributed by atoms with Crippen LogP contribution in [-0.2, 0) is 17.6 Å². The molecule has 4 heteroatoms. The van der Waals surface area contributed by atoms with Crippen molar-refractivity contribution in [3.63, 3.8) is 0 Å². The van der Waals surface area contributed by atoms with Gasteiger partial charge in [-0.15, -0.1) is 0 Å². The van der Waals surface area contributed by atoms with Crippen molar-refractivity contribution in [2.45, 2.75) is 50.6 Å². The lowest BCUT2D eigenvalue weighted by atomic mass is 10.0. The topological polar surface area (TPSA) is 38.8 Å². The first-order chi connectivity index (χ1) is 13.2. The van der Waals surface area contributed by atoms with E-state index in [1.165, 1.54) is 11.1 Å². The third-order valence-corrected chi connectivity index (χ3v) is 5.74. The van der Waals surface area contributed by atoms with Crippen molar-refractivity contribution in [1.82, 2.24) is 4.90 Å². The molecule has 0 bridgehead atoms. The molecule has 0 heterocycles. The predicted molar refractivity (Wildman–Crippen MR) is 105 cm³/mol. The van der Waals surface area contributed by atoms with Gasteiger partial charge in [0.15, 0.2) is 11.5 Å². The Balaban J connectivity index is 1.47. The average molecular weight is 365 g/mol. The van der Waals surface area contributed by atoms with E-state index in [2.05, 4.69) is 29.2 Å². The summed E-state index contributed by atoms with van der Waals surface area (Å²) in [5, 5.41) is 0. The number of benzene rings is 2. The van der Waals surface area contributed by atoms with Crippen molar-refractivity contribution in [3.05, 3.63) is 59.2 Å². The van der Waals surface area contributed by atoms with Crippen LogP contribution in [0.3, 0.4) is 0 Å². The van der Waals surface area contributed by atoms with E-state index in [9.17, 15) is 4.79 Å². The Labute approximate surface area is 161 Å². The molecule has 0 aromatic heterocycles. The largest absolute Gasteiger partial charge is 0.493 e. The third kappa shape index (κ3) is 3.66. The minimum atomic E-state index is 0.256. The Morgan fingerprint density at radius 2 is 1.81 bits per heavy atom. The lowest BCUT2D eigenvalue weighted by Gasteiger charge is -2.30. The second-order valence-corrected chi connectivity index (χ2v) is 7.47. The molecular weight excluding hydrogens is 338 g/mol. The first kappa shape index (κ1) is 17.9. The van der Waals surface area contributed by atoms with Gasteiger partial charge >= 0.3 is 0 Å². The number of hydrogen-bond donors (Lipinski definition) is 0. The highest BCUT2D eigenvalue weighted by Gasteiger charge is 2.39. The lowest BCUT2D eigenvalue weighted by molar-refractivity contribution is -0.134. The molecule has 2 aromatic rings. The molecule has 1 atom stereocenters. The van der Waals surface area contributed by atoms with Crippen molar-refractivity contribution in [3.8, 4) is 11.5 Å². The Hall–Kier alpha value is -2.49. The summed E-state index contributed by atoms with van der Waals surface area (Å²) in [6.45, 7) is 0. The minimum absolute atomic E-state index is 0.256. The summed E-state index contributed by atoms with van der Waals surface area (Å²) in [7, 11) is 3.27. The lowest BCUT2D eigenvalue weighted by Crippen LogP contribution is -2.36. The van der Waals surface area contributed by atoms with Gasteiger partial charge in [-0.05, 0) is 60.9 Å². The van der Waals surface area contributed by atoms with Gasteiger partial charge in [0.25, 0.3) is 0 Å². The maximum absolute atomic E-state index is 13.1. The number of carbonyl (C=O) groups excluding carboxylic acids is 1. The molecule has 142 valence electrons. The van der Waals surface area contributed by atoms with Crippen LogP contribution in [0.25, 0.3) is 0 Å². The summed E-state index contributed by atoms with van der Waals surface area (Å²) >= 11 is 0. The SMILES string of the molecule is COc1ccc(CCC(=O)N(C2CC2)C2CCc3ccccc32)cc1OC. The van der Waals surface area contributed by atoms with E-state index in [-0.39, 0.29) is 11.9 Å². The molecule has 1 unspecified atom stereocenters. The van der Waals surface area contributed by atoms with E-state index in [1.54, 1.807) is 14.2 Å². The molecule has 1 saturated carbocycles. The van der Waals surface area contributed by atoms with E-state index in [1.807, 2.05) is 18.2 Å². The Bertz CT molecular complexity index is 828. The summed E-state index contributed by atoms with van der Waals surface area (Å²) in [6, 6.07) is 15.2. The molecule has 0 aliphatic heterocycles. The number of methoxy groups -OCH3 is 2. The summed E-state index contributed by atoms with van der Waals surface area (Å²) in [4.78, 5) is 15.3. The summed E-state index contributed by atoms with van der Waals surface area (Å²) < 4.78 is 10.7. The fraction of sp³-hybridized carbons (Fsp3) is 0.435. The predicted octanol–water partition coefficient (Wildman–Crippen LogP) is 4.31. The molecule has 2 aromatic carbocycles. The average Bonchev–Trinajstić information content (AvgIpc) is 3.45. The van der Waals surface area contributed by atoms with Crippen LogP contribution in [0.4, 0.5) is 0 Å². The van der Waals surface area contributed by atoms with Gasteiger partial charge in [-0.3, -0.25) is 4.79 Å². The summed E-state index contributed by atoms with van der Waals surface area (Å²) in [5.74, 6) is 1.70. The molecule has 4 rings (SSSR count). The highest BCUT2D eigenvalue weighted by molar-refractivity contribution is 5.78. The Morgan fingerprint density at radius 1 is 1.04 bits per heavy atom. The van der Waals surface area contributed by atoms with Gasteiger partial charge in [-0.1, -0.05) is 30.3 Å². The van der Waals surface area contributed by atoms with Crippen LogP contribution < -0.4 is 9.47 Å². The molecule has 2 aliphatic rings. The van der Waals surface area contributed by atoms with Crippen molar-refractivity contribution < 1.29 is 14.3 Å². The highest BCUT2D eigenvalue weighted by Crippen LogP contribution is 2.42. The van der Waals surface area contributed by atoms with Gasteiger partial charge in [0.05, 0.1) is 20.3 Å². The van der Waals surface area contributed by atoms with Crippen molar-refractivity contribution in [2.24, 2.45) is 0 Å². The second-order valence-electron chi connectivity index (χ2n) is 7.47. The molecule has 0 N–H and O–H groups in total. The number of fused-ring (bicyclic) bond motifs is 1. The molecule has 1 amide bonds. The zero-order chi connectivity index (χ0) is 18.8. The Morgan fingerprint density at radius 3 is 2.56 bits per heavy atom. The van der Waals surface area contributed by atoms with Crippen LogP contribution in [0, 0.1) is 0 Å². The molecule has 1 fully saturated rings. The van der Waals surface area contributed by atoms with E-state index in [0.29, 0.717) is 18.2 Å². The monoisotopic (exact) mass is 365 g/mol. The molecule has 2 aliphatic carbocycles. The molecular formula is C23H27NO3. The number of ether oxygens (including phenoxy) is 2. The fourth-order valence-corrected chi connectivity index (χ4v) is 4.22. The summed E-state index contributed by atoms with van der Waals surface area (Å²) in [6.07, 6.45) is 5.66. The first-order valence-corrected chi connectivity index (χ1v) is 9.81. The van der Waals surface area contributed by atoms with E-state index < -0.39 is 0 Å². The first-order valence-electron chi connectivity index (χ1n) is 9.81. The minimum Gasteiger partial charge on any atom is -0.493 e. The highest BCUT2D eigenvalue weighted by atomic mass is 16.5. The standard InChI is InChI=1S/C23H27NO3/c1-26-21-13-7-16(15-22(21)27-2)8-14-23(25)24(18-10-11-18)20-12-9-17-5-3-4-6-19(17)20/h3-7,13,15,18,20H,8-12,14H2,1-2H3. The van der Waals surface area contributed by atoms with Crippen LogP contribution in [-0.4, -0.2) is 31.1 Å². The Kier molecular flexibility index (Phi) is 5.06. The van der Waals surface area contributed by atoms with E-state index >= 15 is 0 Å². The number of amides is 1. The van der Waals surface area contributed by atoms with Crippen LogP contribution in [0.5, 0.6) is 11.5 Å². The van der Waals surface area contributed by atoms with E-state index in [0.717, 1.165) is 43.4 Å². The number of hydrogen-bond acceptors (Lipinski definition) is 3. The van der Waals surface area contributed by atoms with Crippen molar-refractivity contribution in [1.29, 1.82) is 0 Å². The van der Waals surface area contributed by atoms with Crippen molar-refractivity contribution >= 4 is 5.91 Å². The zero-order valence-electron chi connectivity index (χ0n) is 16.1. The zero-order valence-corrected chi connectivity index (χ0v) is 16.1. The number of carbonyl (C=O) groups is 1. The van der Waals surface area contributed by atoms with Crippen LogP contribution in [0.1, 0.15) is 48.4 Å². The molecule has 0 saturated heterocycles. The van der Waals surface area contributed by atoms with Crippen molar-refractivity contribution in [2.75, 3.05) is 14.2 Å². The number of rotatable bonds is 7. The summed E-state index contributed by atoms with van der Waals surface area (Å²) in [5.41, 5.74) is 3.85. The van der Waals surface area contributed by atoms with Gasteiger partial charge in [0.2, 0.25) is 5.91 Å². The molecule has 0 spiro atoms. The maximum Gasteiger partial charge on any atom is 0.223 e. The second kappa shape index (κ2) is 7.63. The van der Waals surface area contributed by atoms with Gasteiger partial charge in [-0.25, -0.2) is 0 Å². The number of nitrogens with zero attached hydrogens (tertiary/aromatic N) is 1. The third-order valence-electron chi connectivity index (χ3n) is 5.74. The van der Waals surface area contributed by atoms with Crippen LogP contribution >= 0.6 is 0 Å². The van der Waals surface area contributed by atoms with Gasteiger partial charge in [0.1, 0.15) is 0 Å².